The number of hydrogen-bond donors (Lipinski definition) is 3. The maximum Gasteiger partial charge on any atom is 0.257 e. The van der Waals surface area contributed by atoms with Gasteiger partial charge in [-0.05, 0) is 47.2 Å². The van der Waals surface area contributed by atoms with Crippen LogP contribution in [0.1, 0.15) is 16.1 Å². The molecule has 3 aromatic carbocycles. The predicted molar refractivity (Wildman–Crippen MR) is 116 cm³/mol. The van der Waals surface area contributed by atoms with Crippen LogP contribution in [0.2, 0.25) is 0 Å². The SMILES string of the molecule is O=C(NC(=NCCc1cnc[nH]1)Nc1ccc2ccccc2c1)c1ccc(F)cc1. The normalized spacial score (nSPS) is 11.4. The molecule has 1 aromatic heterocycles. The van der Waals surface area contributed by atoms with E-state index >= 15 is 0 Å². The topological polar surface area (TPSA) is 82.2 Å². The first-order valence-corrected chi connectivity index (χ1v) is 9.52. The molecule has 0 aliphatic rings. The van der Waals surface area contributed by atoms with E-state index < -0.39 is 5.82 Å². The third-order valence-corrected chi connectivity index (χ3v) is 4.56. The second-order valence-electron chi connectivity index (χ2n) is 6.71. The Labute approximate surface area is 172 Å². The minimum absolute atomic E-state index is 0.319. The van der Waals surface area contributed by atoms with Gasteiger partial charge in [0.1, 0.15) is 5.82 Å². The van der Waals surface area contributed by atoms with E-state index in [1.54, 1.807) is 12.5 Å². The zero-order valence-electron chi connectivity index (χ0n) is 16.1. The molecule has 1 amide bonds. The maximum absolute atomic E-state index is 13.2. The number of nitrogens with one attached hydrogen (secondary N) is 3. The molecule has 0 saturated heterocycles. The molecular weight excluding hydrogens is 381 g/mol. The zero-order chi connectivity index (χ0) is 20.8. The quantitative estimate of drug-likeness (QED) is 0.347. The Morgan fingerprint density at radius 2 is 1.83 bits per heavy atom. The summed E-state index contributed by atoms with van der Waals surface area (Å²) in [4.78, 5) is 24.1. The third-order valence-electron chi connectivity index (χ3n) is 4.56. The minimum atomic E-state index is -0.394. The lowest BCUT2D eigenvalue weighted by molar-refractivity contribution is 0.0977. The van der Waals surface area contributed by atoms with Crippen molar-refractivity contribution < 1.29 is 9.18 Å². The highest BCUT2D eigenvalue weighted by molar-refractivity contribution is 6.10. The van der Waals surface area contributed by atoms with Crippen molar-refractivity contribution in [3.63, 3.8) is 0 Å². The van der Waals surface area contributed by atoms with E-state index in [0.717, 1.165) is 22.2 Å². The number of aromatic amines is 1. The van der Waals surface area contributed by atoms with E-state index in [9.17, 15) is 9.18 Å². The molecule has 4 rings (SSSR count). The first-order chi connectivity index (χ1) is 14.7. The van der Waals surface area contributed by atoms with Crippen molar-refractivity contribution >= 4 is 28.3 Å². The summed E-state index contributed by atoms with van der Waals surface area (Å²) in [6, 6.07) is 19.3. The molecule has 0 radical (unpaired) electrons. The highest BCUT2D eigenvalue weighted by atomic mass is 19.1. The number of nitrogens with zero attached hydrogens (tertiary/aromatic N) is 2. The largest absolute Gasteiger partial charge is 0.348 e. The zero-order valence-corrected chi connectivity index (χ0v) is 16.1. The molecule has 0 aliphatic carbocycles. The number of H-pyrrole nitrogens is 1. The standard InChI is InChI=1S/C23H20FN5O/c24-19-8-5-17(6-9-19)22(30)29-23(26-12-11-21-14-25-15-27-21)28-20-10-7-16-3-1-2-4-18(16)13-20/h1-10,13-15H,11-12H2,(H,25,27)(H2,26,28,29,30). The average molecular weight is 401 g/mol. The highest BCUT2D eigenvalue weighted by Gasteiger charge is 2.10. The Balaban J connectivity index is 1.53. The lowest BCUT2D eigenvalue weighted by Crippen LogP contribution is -2.36. The highest BCUT2D eigenvalue weighted by Crippen LogP contribution is 2.18. The van der Waals surface area contributed by atoms with Crippen LogP contribution in [0.4, 0.5) is 10.1 Å². The van der Waals surface area contributed by atoms with Crippen molar-refractivity contribution in [1.29, 1.82) is 0 Å². The van der Waals surface area contributed by atoms with Crippen molar-refractivity contribution in [1.82, 2.24) is 15.3 Å². The molecule has 0 fully saturated rings. The van der Waals surface area contributed by atoms with Crippen LogP contribution in [0.15, 0.2) is 84.2 Å². The fourth-order valence-electron chi connectivity index (χ4n) is 3.00. The molecule has 0 spiro atoms. The van der Waals surface area contributed by atoms with Crippen LogP contribution in [0.3, 0.4) is 0 Å². The Morgan fingerprint density at radius 1 is 1.03 bits per heavy atom. The van der Waals surface area contributed by atoms with Crippen LogP contribution >= 0.6 is 0 Å². The number of benzene rings is 3. The molecule has 0 bridgehead atoms. The Bertz CT molecular complexity index is 1170. The second-order valence-corrected chi connectivity index (χ2v) is 6.71. The lowest BCUT2D eigenvalue weighted by atomic mass is 10.1. The first-order valence-electron chi connectivity index (χ1n) is 9.52. The molecule has 7 heteroatoms. The van der Waals surface area contributed by atoms with E-state index in [-0.39, 0.29) is 5.91 Å². The number of imidazole rings is 1. The number of amides is 1. The number of rotatable bonds is 5. The monoisotopic (exact) mass is 401 g/mol. The van der Waals surface area contributed by atoms with Gasteiger partial charge in [-0.15, -0.1) is 0 Å². The summed E-state index contributed by atoms with van der Waals surface area (Å²) in [5.41, 5.74) is 2.10. The molecule has 0 saturated carbocycles. The van der Waals surface area contributed by atoms with Crippen molar-refractivity contribution in [2.75, 3.05) is 11.9 Å². The summed E-state index contributed by atoms with van der Waals surface area (Å²) in [5, 5.41) is 8.16. The number of fused-ring (bicyclic) bond motifs is 1. The van der Waals surface area contributed by atoms with E-state index in [1.165, 1.54) is 24.3 Å². The van der Waals surface area contributed by atoms with Gasteiger partial charge in [-0.3, -0.25) is 15.1 Å². The molecule has 150 valence electrons. The Morgan fingerprint density at radius 3 is 2.60 bits per heavy atom. The number of aromatic nitrogens is 2. The third kappa shape index (κ3) is 4.88. The number of anilines is 1. The molecule has 1 heterocycles. The molecule has 4 aromatic rings. The number of halogens is 1. The number of carbonyl (C=O) groups excluding carboxylic acids is 1. The lowest BCUT2D eigenvalue weighted by Gasteiger charge is -2.12. The number of guanidine groups is 1. The van der Waals surface area contributed by atoms with E-state index in [1.807, 2.05) is 42.5 Å². The summed E-state index contributed by atoms with van der Waals surface area (Å²) in [5.74, 6) is -0.447. The molecule has 30 heavy (non-hydrogen) atoms. The fraction of sp³-hybridized carbons (Fsp3) is 0.0870. The van der Waals surface area contributed by atoms with Gasteiger partial charge >= 0.3 is 0 Å². The van der Waals surface area contributed by atoms with Crippen molar-refractivity contribution in [2.45, 2.75) is 6.42 Å². The van der Waals surface area contributed by atoms with E-state index in [4.69, 9.17) is 0 Å². The molecule has 3 N–H and O–H groups in total. The summed E-state index contributed by atoms with van der Waals surface area (Å²) in [6.45, 7) is 0.446. The summed E-state index contributed by atoms with van der Waals surface area (Å²) in [7, 11) is 0. The van der Waals surface area contributed by atoms with Crippen molar-refractivity contribution in [3.05, 3.63) is 96.3 Å². The van der Waals surface area contributed by atoms with Crippen molar-refractivity contribution in [3.8, 4) is 0 Å². The fourth-order valence-corrected chi connectivity index (χ4v) is 3.00. The number of hydrogen-bond acceptors (Lipinski definition) is 3. The van der Waals surface area contributed by atoms with Gasteiger partial charge in [0.05, 0.1) is 6.33 Å². The van der Waals surface area contributed by atoms with Gasteiger partial charge in [0.25, 0.3) is 5.91 Å². The van der Waals surface area contributed by atoms with Crippen molar-refractivity contribution in [2.24, 2.45) is 4.99 Å². The smallest absolute Gasteiger partial charge is 0.257 e. The van der Waals surface area contributed by atoms with Gasteiger partial charge in [-0.2, -0.15) is 0 Å². The first kappa shape index (κ1) is 19.3. The number of carbonyl (C=O) groups is 1. The number of aliphatic imine (C=N–C) groups is 1. The predicted octanol–water partition coefficient (Wildman–Crippen LogP) is 4.14. The van der Waals surface area contributed by atoms with Crippen LogP contribution in [0.25, 0.3) is 10.8 Å². The van der Waals surface area contributed by atoms with E-state index in [0.29, 0.717) is 24.5 Å². The molecule has 0 atom stereocenters. The molecule has 6 nitrogen and oxygen atoms in total. The molecule has 0 aliphatic heterocycles. The summed E-state index contributed by atoms with van der Waals surface area (Å²) >= 11 is 0. The van der Waals surface area contributed by atoms with Crippen LogP contribution in [0, 0.1) is 5.82 Å². The van der Waals surface area contributed by atoms with Gasteiger partial charge in [0.15, 0.2) is 0 Å². The van der Waals surface area contributed by atoms with Gasteiger partial charge in [-0.1, -0.05) is 30.3 Å². The van der Waals surface area contributed by atoms with Crippen LogP contribution < -0.4 is 10.6 Å². The average Bonchev–Trinajstić information content (AvgIpc) is 3.27. The van der Waals surface area contributed by atoms with Gasteiger partial charge in [0.2, 0.25) is 5.96 Å². The van der Waals surface area contributed by atoms with Crippen LogP contribution in [-0.4, -0.2) is 28.4 Å². The van der Waals surface area contributed by atoms with Gasteiger partial charge in [0, 0.05) is 36.1 Å². The van der Waals surface area contributed by atoms with E-state index in [2.05, 4.69) is 25.6 Å². The Hall–Kier alpha value is -4.00. The summed E-state index contributed by atoms with van der Waals surface area (Å²) < 4.78 is 13.2. The van der Waals surface area contributed by atoms with Gasteiger partial charge in [-0.25, -0.2) is 9.37 Å². The minimum Gasteiger partial charge on any atom is -0.348 e. The molecule has 0 unspecified atom stereocenters. The van der Waals surface area contributed by atoms with Gasteiger partial charge < -0.3 is 10.3 Å². The van der Waals surface area contributed by atoms with Crippen LogP contribution in [0.5, 0.6) is 0 Å². The second kappa shape index (κ2) is 9.00. The summed E-state index contributed by atoms with van der Waals surface area (Å²) in [6.07, 6.45) is 4.00. The molecular formula is C23H20FN5O. The van der Waals surface area contributed by atoms with Crippen LogP contribution in [-0.2, 0) is 6.42 Å². The maximum atomic E-state index is 13.2. The Kier molecular flexibility index (Phi) is 5.80.